The van der Waals surface area contributed by atoms with Gasteiger partial charge in [0.2, 0.25) is 0 Å². The van der Waals surface area contributed by atoms with Crippen LogP contribution in [0.2, 0.25) is 0 Å². The highest BCUT2D eigenvalue weighted by Crippen LogP contribution is 2.30. The molecule has 0 fully saturated rings. The van der Waals surface area contributed by atoms with Crippen molar-refractivity contribution >= 4 is 21.8 Å². The van der Waals surface area contributed by atoms with Crippen molar-refractivity contribution in [3.8, 4) is 11.5 Å². The number of hydrogen-bond donors (Lipinski definition) is 1. The number of benzene rings is 2. The summed E-state index contributed by atoms with van der Waals surface area (Å²) in [5, 5.41) is 2.91. The van der Waals surface area contributed by atoms with Crippen LogP contribution in [0.5, 0.6) is 11.5 Å². The summed E-state index contributed by atoms with van der Waals surface area (Å²) in [5.74, 6) is 0.942. The number of rotatable bonds is 8. The fraction of sp³-hybridized carbons (Fsp3) is 0.227. The molecule has 164 valence electrons. The van der Waals surface area contributed by atoms with Crippen LogP contribution in [0.15, 0.2) is 65.3 Å². The number of carbonyl (C=O) groups is 1. The Morgan fingerprint density at radius 3 is 2.48 bits per heavy atom. The highest BCUT2D eigenvalue weighted by Gasteiger charge is 2.19. The summed E-state index contributed by atoms with van der Waals surface area (Å²) in [7, 11) is -2.33. The number of urea groups is 1. The molecule has 0 radical (unpaired) electrons. The molecule has 3 aromatic rings. The molecule has 0 spiro atoms. The first-order valence-corrected chi connectivity index (χ1v) is 11.3. The largest absolute Gasteiger partial charge is 0.493 e. The van der Waals surface area contributed by atoms with Crippen molar-refractivity contribution < 1.29 is 26.5 Å². The number of furan rings is 1. The van der Waals surface area contributed by atoms with E-state index in [1.165, 1.54) is 19.4 Å². The molecule has 31 heavy (non-hydrogen) atoms. The number of nitrogens with one attached hydrogen (secondary N) is 1. The molecule has 0 bridgehead atoms. The van der Waals surface area contributed by atoms with Crippen LogP contribution in [0.4, 0.5) is 10.5 Å². The van der Waals surface area contributed by atoms with Crippen molar-refractivity contribution in [2.24, 2.45) is 0 Å². The van der Waals surface area contributed by atoms with Gasteiger partial charge in [0.05, 0.1) is 26.2 Å². The maximum atomic E-state index is 13.1. The normalized spacial score (nSPS) is 11.1. The van der Waals surface area contributed by atoms with Crippen LogP contribution in [-0.4, -0.2) is 32.7 Å². The Hall–Kier alpha value is -3.46. The minimum Gasteiger partial charge on any atom is -0.493 e. The van der Waals surface area contributed by atoms with E-state index in [9.17, 15) is 13.2 Å². The average Bonchev–Trinajstić information content (AvgIpc) is 3.21. The number of nitrogens with zero attached hydrogens (tertiary/aromatic N) is 1. The van der Waals surface area contributed by atoms with Crippen LogP contribution in [0.1, 0.15) is 16.9 Å². The molecule has 3 rings (SSSR count). The second-order valence-corrected chi connectivity index (χ2v) is 8.53. The number of carbonyl (C=O) groups excluding carboxylic acids is 1. The predicted molar refractivity (Wildman–Crippen MR) is 117 cm³/mol. The topological polar surface area (TPSA) is 98.1 Å². The molecule has 0 saturated carbocycles. The Kier molecular flexibility index (Phi) is 6.86. The maximum Gasteiger partial charge on any atom is 0.322 e. The zero-order valence-electron chi connectivity index (χ0n) is 17.5. The molecule has 1 aromatic heterocycles. The Bertz CT molecular complexity index is 1140. The number of para-hydroxylation sites is 1. The number of hydrogen-bond acceptors (Lipinski definition) is 6. The van der Waals surface area contributed by atoms with Gasteiger partial charge < -0.3 is 23.6 Å². The van der Waals surface area contributed by atoms with E-state index in [-0.39, 0.29) is 30.6 Å². The summed E-state index contributed by atoms with van der Waals surface area (Å²) in [6.45, 7) is 2.31. The highest BCUT2D eigenvalue weighted by atomic mass is 32.2. The summed E-state index contributed by atoms with van der Waals surface area (Å²) in [6, 6.07) is 15.5. The van der Waals surface area contributed by atoms with Crippen LogP contribution in [0, 0.1) is 6.92 Å². The number of ether oxygens (including phenoxy) is 1. The molecule has 0 atom stereocenters. The molecule has 0 aliphatic heterocycles. The van der Waals surface area contributed by atoms with Crippen molar-refractivity contribution in [1.29, 1.82) is 0 Å². The van der Waals surface area contributed by atoms with Gasteiger partial charge in [-0.25, -0.2) is 4.79 Å². The average molecular weight is 445 g/mol. The molecule has 0 saturated heterocycles. The fourth-order valence-corrected chi connectivity index (χ4v) is 3.42. The molecule has 8 nitrogen and oxygen atoms in total. The molecule has 2 amide bonds. The van der Waals surface area contributed by atoms with Gasteiger partial charge in [-0.3, -0.25) is 0 Å². The Morgan fingerprint density at radius 1 is 1.06 bits per heavy atom. The molecule has 0 aliphatic rings. The minimum atomic E-state index is -3.75. The lowest BCUT2D eigenvalue weighted by Gasteiger charge is -2.23. The Morgan fingerprint density at radius 2 is 1.84 bits per heavy atom. The zero-order valence-corrected chi connectivity index (χ0v) is 18.3. The third-order valence-electron chi connectivity index (χ3n) is 4.44. The van der Waals surface area contributed by atoms with Crippen molar-refractivity contribution in [1.82, 2.24) is 4.90 Å². The van der Waals surface area contributed by atoms with Gasteiger partial charge in [-0.2, -0.15) is 8.42 Å². The highest BCUT2D eigenvalue weighted by molar-refractivity contribution is 7.86. The van der Waals surface area contributed by atoms with Crippen molar-refractivity contribution in [2.75, 3.05) is 18.7 Å². The second kappa shape index (κ2) is 9.57. The quantitative estimate of drug-likeness (QED) is 0.524. The molecule has 0 unspecified atom stereocenters. The van der Waals surface area contributed by atoms with Gasteiger partial charge in [0.15, 0.2) is 11.5 Å². The monoisotopic (exact) mass is 444 g/mol. The van der Waals surface area contributed by atoms with Gasteiger partial charge in [0.1, 0.15) is 5.76 Å². The van der Waals surface area contributed by atoms with Crippen molar-refractivity contribution in [2.45, 2.75) is 20.0 Å². The molecule has 2 aromatic carbocycles. The molecular weight excluding hydrogens is 420 g/mol. The van der Waals surface area contributed by atoms with E-state index in [4.69, 9.17) is 13.3 Å². The lowest BCUT2D eigenvalue weighted by Crippen LogP contribution is -2.34. The first-order valence-electron chi connectivity index (χ1n) is 9.45. The van der Waals surface area contributed by atoms with Gasteiger partial charge in [0.25, 0.3) is 0 Å². The van der Waals surface area contributed by atoms with E-state index in [1.54, 1.807) is 29.2 Å². The minimum absolute atomic E-state index is 0.0553. The maximum absolute atomic E-state index is 13.1. The van der Waals surface area contributed by atoms with E-state index in [2.05, 4.69) is 5.32 Å². The first-order chi connectivity index (χ1) is 14.7. The van der Waals surface area contributed by atoms with E-state index < -0.39 is 10.1 Å². The predicted octanol–water partition coefficient (Wildman–Crippen LogP) is 4.17. The fourth-order valence-electron chi connectivity index (χ4n) is 2.97. The molecule has 1 N–H and O–H groups in total. The number of anilines is 1. The van der Waals surface area contributed by atoms with Gasteiger partial charge in [0, 0.05) is 12.2 Å². The van der Waals surface area contributed by atoms with E-state index in [0.29, 0.717) is 17.0 Å². The van der Waals surface area contributed by atoms with Crippen LogP contribution >= 0.6 is 0 Å². The molecule has 1 heterocycles. The van der Waals surface area contributed by atoms with Crippen LogP contribution in [0.25, 0.3) is 0 Å². The van der Waals surface area contributed by atoms with Crippen molar-refractivity contribution in [3.05, 3.63) is 77.7 Å². The number of amides is 2. The van der Waals surface area contributed by atoms with Crippen LogP contribution in [0.3, 0.4) is 0 Å². The van der Waals surface area contributed by atoms with E-state index in [0.717, 1.165) is 11.8 Å². The third kappa shape index (κ3) is 6.26. The SMILES string of the molecule is COc1ccc(CN(Cc2ccco2)C(=O)Nc2ccccc2C)cc1OS(C)(=O)=O. The molecule has 0 aliphatic carbocycles. The summed E-state index contributed by atoms with van der Waals surface area (Å²) in [5.41, 5.74) is 2.29. The number of methoxy groups -OCH3 is 1. The lowest BCUT2D eigenvalue weighted by atomic mass is 10.2. The Balaban J connectivity index is 1.87. The lowest BCUT2D eigenvalue weighted by molar-refractivity contribution is 0.201. The van der Waals surface area contributed by atoms with E-state index >= 15 is 0 Å². The summed E-state index contributed by atoms with van der Waals surface area (Å²) in [4.78, 5) is 14.6. The zero-order chi connectivity index (χ0) is 22.4. The Labute approximate surface area is 181 Å². The standard InChI is InChI=1S/C22H24N2O6S/c1-16-7-4-5-9-19(16)23-22(25)24(15-18-8-6-12-29-18)14-17-10-11-20(28-2)21(13-17)30-31(3,26)27/h4-13H,14-15H2,1-3H3,(H,23,25). The first kappa shape index (κ1) is 22.2. The van der Waals surface area contributed by atoms with Gasteiger partial charge in [-0.15, -0.1) is 0 Å². The smallest absolute Gasteiger partial charge is 0.322 e. The number of aryl methyl sites for hydroxylation is 1. The summed E-state index contributed by atoms with van der Waals surface area (Å²) >= 11 is 0. The van der Waals surface area contributed by atoms with Crippen LogP contribution in [-0.2, 0) is 23.2 Å². The summed E-state index contributed by atoms with van der Waals surface area (Å²) < 4.78 is 38.8. The van der Waals surface area contributed by atoms with Gasteiger partial charge in [-0.05, 0) is 48.4 Å². The molecular formula is C22H24N2O6S. The van der Waals surface area contributed by atoms with Gasteiger partial charge >= 0.3 is 16.1 Å². The second-order valence-electron chi connectivity index (χ2n) is 6.95. The molecule has 9 heteroatoms. The van der Waals surface area contributed by atoms with Crippen molar-refractivity contribution in [3.63, 3.8) is 0 Å². The van der Waals surface area contributed by atoms with Crippen LogP contribution < -0.4 is 14.2 Å². The third-order valence-corrected chi connectivity index (χ3v) is 4.93. The van der Waals surface area contributed by atoms with E-state index in [1.807, 2.05) is 31.2 Å². The summed E-state index contributed by atoms with van der Waals surface area (Å²) in [6.07, 6.45) is 2.50. The van der Waals surface area contributed by atoms with Gasteiger partial charge in [-0.1, -0.05) is 24.3 Å².